The first kappa shape index (κ1) is 14.7. The number of nitrogens with one attached hydrogen (secondary N) is 3. The number of urea groups is 1. The Hall–Kier alpha value is -2.37. The molecule has 0 saturated heterocycles. The largest absolute Gasteiger partial charge is 0.359 e. The smallest absolute Gasteiger partial charge is 0.318 e. The van der Waals surface area contributed by atoms with Gasteiger partial charge in [0.05, 0.1) is 0 Å². The summed E-state index contributed by atoms with van der Waals surface area (Å²) in [6.45, 7) is 0.976. The van der Waals surface area contributed by atoms with Crippen LogP contribution in [0.3, 0.4) is 0 Å². The third-order valence-electron chi connectivity index (χ3n) is 2.21. The minimum absolute atomic E-state index is 0.325. The summed E-state index contributed by atoms with van der Waals surface area (Å²) in [4.78, 5) is 21.3. The van der Waals surface area contributed by atoms with Crippen LogP contribution in [0.5, 0.6) is 0 Å². The third-order valence-corrected chi connectivity index (χ3v) is 2.21. The van der Waals surface area contributed by atoms with E-state index in [0.29, 0.717) is 31.5 Å². The molecule has 0 atom stereocenters. The quantitative estimate of drug-likeness (QED) is 0.512. The molecule has 0 heterocycles. The molecule has 0 saturated carbocycles. The molecule has 0 spiro atoms. The number of amides is 3. The lowest BCUT2D eigenvalue weighted by Gasteiger charge is -2.03. The van der Waals surface area contributed by atoms with Crippen LogP contribution >= 0.6 is 0 Å². The fraction of sp³-hybridized carbons (Fsp3) is 0.231. The predicted molar refractivity (Wildman–Crippen MR) is 70.7 cm³/mol. The van der Waals surface area contributed by atoms with E-state index in [4.69, 9.17) is 0 Å². The maximum absolute atomic E-state index is 12.9. The van der Waals surface area contributed by atoms with E-state index in [1.807, 2.05) is 0 Å². The molecule has 102 valence electrons. The predicted octanol–water partition coefficient (Wildman–Crippen LogP) is 1.23. The van der Waals surface area contributed by atoms with Crippen molar-refractivity contribution in [3.05, 3.63) is 41.8 Å². The van der Waals surface area contributed by atoms with Gasteiger partial charge < -0.3 is 16.0 Å². The van der Waals surface area contributed by atoms with E-state index >= 15 is 0 Å². The third kappa shape index (κ3) is 6.82. The molecule has 6 heteroatoms. The number of halogens is 1. The van der Waals surface area contributed by atoms with Gasteiger partial charge in [-0.1, -0.05) is 12.1 Å². The summed E-state index contributed by atoms with van der Waals surface area (Å²) in [6.07, 6.45) is 4.30. The highest BCUT2D eigenvalue weighted by Gasteiger charge is 1.95. The molecule has 1 aromatic rings. The van der Waals surface area contributed by atoms with Crippen molar-refractivity contribution in [3.63, 3.8) is 0 Å². The van der Waals surface area contributed by atoms with Gasteiger partial charge in [0.2, 0.25) is 6.41 Å². The van der Waals surface area contributed by atoms with Gasteiger partial charge in [-0.25, -0.2) is 9.18 Å². The van der Waals surface area contributed by atoms with E-state index in [-0.39, 0.29) is 11.8 Å². The number of carbonyl (C=O) groups excluding carboxylic acids is 2. The summed E-state index contributed by atoms with van der Waals surface area (Å²) in [5.74, 6) is -0.325. The summed E-state index contributed by atoms with van der Waals surface area (Å²) >= 11 is 0. The number of benzene rings is 1. The SMILES string of the molecule is O=CNCCCNC(=O)N/C=C/c1cccc(F)c1. The van der Waals surface area contributed by atoms with Crippen molar-refractivity contribution < 1.29 is 14.0 Å². The minimum atomic E-state index is -0.348. The molecule has 0 radical (unpaired) electrons. The molecular formula is C13H16FN3O2. The fourth-order valence-electron chi connectivity index (χ4n) is 1.33. The summed E-state index contributed by atoms with van der Waals surface area (Å²) in [7, 11) is 0. The average molecular weight is 265 g/mol. The van der Waals surface area contributed by atoms with E-state index in [1.54, 1.807) is 18.2 Å². The number of hydrogen-bond acceptors (Lipinski definition) is 2. The Morgan fingerprint density at radius 3 is 2.89 bits per heavy atom. The Kier molecular flexibility index (Phi) is 6.71. The van der Waals surface area contributed by atoms with Gasteiger partial charge in [-0.15, -0.1) is 0 Å². The zero-order chi connectivity index (χ0) is 13.9. The Balaban J connectivity index is 2.20. The van der Waals surface area contributed by atoms with Crippen molar-refractivity contribution in [2.45, 2.75) is 6.42 Å². The van der Waals surface area contributed by atoms with E-state index < -0.39 is 0 Å². The van der Waals surface area contributed by atoms with Crippen molar-refractivity contribution >= 4 is 18.5 Å². The Morgan fingerprint density at radius 1 is 1.32 bits per heavy atom. The molecule has 0 bridgehead atoms. The normalized spacial score (nSPS) is 10.2. The Bertz CT molecular complexity index is 449. The molecule has 0 aliphatic heterocycles. The van der Waals surface area contributed by atoms with Crippen LogP contribution < -0.4 is 16.0 Å². The van der Waals surface area contributed by atoms with Gasteiger partial charge >= 0.3 is 6.03 Å². The molecule has 3 N–H and O–H groups in total. The number of hydrogen-bond donors (Lipinski definition) is 3. The van der Waals surface area contributed by atoms with Gasteiger partial charge in [-0.05, 0) is 30.2 Å². The first-order valence-electron chi connectivity index (χ1n) is 5.86. The molecule has 1 aromatic carbocycles. The summed E-state index contributed by atoms with van der Waals surface area (Å²) in [6, 6.07) is 5.68. The lowest BCUT2D eigenvalue weighted by molar-refractivity contribution is -0.109. The lowest BCUT2D eigenvalue weighted by Crippen LogP contribution is -2.33. The van der Waals surface area contributed by atoms with Crippen LogP contribution in [0.4, 0.5) is 9.18 Å². The van der Waals surface area contributed by atoms with Crippen LogP contribution in [0, 0.1) is 5.82 Å². The fourth-order valence-corrected chi connectivity index (χ4v) is 1.33. The summed E-state index contributed by atoms with van der Waals surface area (Å²) in [5.41, 5.74) is 0.662. The second kappa shape index (κ2) is 8.68. The van der Waals surface area contributed by atoms with Gasteiger partial charge in [0, 0.05) is 19.3 Å². The molecule has 0 aliphatic carbocycles. The molecule has 0 fully saturated rings. The molecule has 3 amide bonds. The first-order chi connectivity index (χ1) is 9.22. The second-order valence-electron chi connectivity index (χ2n) is 3.71. The monoisotopic (exact) mass is 265 g/mol. The van der Waals surface area contributed by atoms with Crippen LogP contribution in [0.1, 0.15) is 12.0 Å². The van der Waals surface area contributed by atoms with Crippen LogP contribution in [0.15, 0.2) is 30.5 Å². The number of rotatable bonds is 7. The lowest BCUT2D eigenvalue weighted by atomic mass is 10.2. The molecule has 0 aliphatic rings. The van der Waals surface area contributed by atoms with Crippen molar-refractivity contribution in [1.29, 1.82) is 0 Å². The van der Waals surface area contributed by atoms with Crippen LogP contribution in [0.2, 0.25) is 0 Å². The van der Waals surface area contributed by atoms with Crippen molar-refractivity contribution in [2.75, 3.05) is 13.1 Å². The van der Waals surface area contributed by atoms with E-state index in [1.165, 1.54) is 18.3 Å². The van der Waals surface area contributed by atoms with E-state index in [9.17, 15) is 14.0 Å². The van der Waals surface area contributed by atoms with Gasteiger partial charge in [0.1, 0.15) is 5.82 Å². The first-order valence-corrected chi connectivity index (χ1v) is 5.86. The molecule has 5 nitrogen and oxygen atoms in total. The van der Waals surface area contributed by atoms with E-state index in [0.717, 1.165) is 0 Å². The minimum Gasteiger partial charge on any atom is -0.359 e. The van der Waals surface area contributed by atoms with Crippen molar-refractivity contribution in [1.82, 2.24) is 16.0 Å². The highest BCUT2D eigenvalue weighted by atomic mass is 19.1. The zero-order valence-electron chi connectivity index (χ0n) is 10.4. The Morgan fingerprint density at radius 2 is 2.16 bits per heavy atom. The van der Waals surface area contributed by atoms with Gasteiger partial charge in [-0.3, -0.25) is 4.79 Å². The highest BCUT2D eigenvalue weighted by molar-refractivity contribution is 5.75. The average Bonchev–Trinajstić information content (AvgIpc) is 2.38. The van der Waals surface area contributed by atoms with Crippen molar-refractivity contribution in [3.8, 4) is 0 Å². The van der Waals surface area contributed by atoms with Crippen LogP contribution in [-0.2, 0) is 4.79 Å². The Labute approximate surface area is 110 Å². The topological polar surface area (TPSA) is 70.2 Å². The van der Waals surface area contributed by atoms with Gasteiger partial charge in [-0.2, -0.15) is 0 Å². The molecular weight excluding hydrogens is 249 g/mol. The number of carbonyl (C=O) groups is 2. The maximum Gasteiger partial charge on any atom is 0.318 e. The van der Waals surface area contributed by atoms with Gasteiger partial charge in [0.25, 0.3) is 0 Å². The molecule has 0 aromatic heterocycles. The van der Waals surface area contributed by atoms with E-state index in [2.05, 4.69) is 16.0 Å². The zero-order valence-corrected chi connectivity index (χ0v) is 10.4. The summed E-state index contributed by atoms with van der Waals surface area (Å²) in [5, 5.41) is 7.60. The maximum atomic E-state index is 12.9. The van der Waals surface area contributed by atoms with Crippen LogP contribution in [-0.4, -0.2) is 25.5 Å². The highest BCUT2D eigenvalue weighted by Crippen LogP contribution is 2.04. The molecule has 1 rings (SSSR count). The van der Waals surface area contributed by atoms with Crippen LogP contribution in [0.25, 0.3) is 6.08 Å². The van der Waals surface area contributed by atoms with Crippen molar-refractivity contribution in [2.24, 2.45) is 0 Å². The second-order valence-corrected chi connectivity index (χ2v) is 3.71. The summed E-state index contributed by atoms with van der Waals surface area (Å²) < 4.78 is 12.9. The van der Waals surface area contributed by atoms with Gasteiger partial charge in [0.15, 0.2) is 0 Å². The molecule has 19 heavy (non-hydrogen) atoms. The standard InChI is InChI=1S/C13H16FN3O2/c14-12-4-1-3-11(9-12)5-8-17-13(19)16-7-2-6-15-10-18/h1,3-5,8-10H,2,6-7H2,(H,15,18)(H2,16,17,19)/b8-5+. The molecule has 0 unspecified atom stereocenters.